The second kappa shape index (κ2) is 6.29. The Morgan fingerprint density at radius 1 is 1.26 bits per heavy atom. The van der Waals surface area contributed by atoms with Gasteiger partial charge in [0.25, 0.3) is 0 Å². The van der Waals surface area contributed by atoms with Crippen molar-refractivity contribution < 1.29 is 4.74 Å². The molecule has 4 heteroatoms. The average molecular weight is 257 g/mol. The predicted octanol–water partition coefficient (Wildman–Crippen LogP) is 2.57. The van der Waals surface area contributed by atoms with E-state index in [1.54, 1.807) is 13.3 Å². The molecule has 0 saturated heterocycles. The van der Waals surface area contributed by atoms with Gasteiger partial charge in [-0.15, -0.1) is 0 Å². The fourth-order valence-corrected chi connectivity index (χ4v) is 1.89. The number of rotatable bonds is 5. The van der Waals surface area contributed by atoms with Gasteiger partial charge >= 0.3 is 0 Å². The molecule has 0 aliphatic heterocycles. The minimum absolute atomic E-state index is 0.679. The highest BCUT2D eigenvalue weighted by Crippen LogP contribution is 2.29. The molecule has 1 aromatic carbocycles. The second-order valence-electron chi connectivity index (χ2n) is 4.34. The normalized spacial score (nSPS) is 10.5. The minimum atomic E-state index is 0.679. The zero-order valence-electron chi connectivity index (χ0n) is 11.6. The maximum atomic E-state index is 5.40. The summed E-state index contributed by atoms with van der Waals surface area (Å²) in [5, 5.41) is 3.23. The minimum Gasteiger partial charge on any atom is -0.496 e. The van der Waals surface area contributed by atoms with Gasteiger partial charge in [0.1, 0.15) is 11.6 Å². The average Bonchev–Trinajstić information content (AvgIpc) is 2.45. The summed E-state index contributed by atoms with van der Waals surface area (Å²) in [5.74, 6) is 1.63. The van der Waals surface area contributed by atoms with E-state index >= 15 is 0 Å². The van der Waals surface area contributed by atoms with Crippen LogP contribution >= 0.6 is 0 Å². The number of nitrogens with one attached hydrogen (secondary N) is 1. The van der Waals surface area contributed by atoms with Crippen LogP contribution in [0.4, 0.5) is 0 Å². The largest absolute Gasteiger partial charge is 0.496 e. The van der Waals surface area contributed by atoms with E-state index in [-0.39, 0.29) is 0 Å². The Labute approximate surface area is 113 Å². The lowest BCUT2D eigenvalue weighted by molar-refractivity contribution is 0.416. The van der Waals surface area contributed by atoms with Gasteiger partial charge in [0.05, 0.1) is 19.3 Å². The van der Waals surface area contributed by atoms with Crippen LogP contribution in [-0.4, -0.2) is 23.6 Å². The van der Waals surface area contributed by atoms with Gasteiger partial charge in [-0.2, -0.15) is 0 Å². The Morgan fingerprint density at radius 2 is 2.11 bits per heavy atom. The molecule has 0 radical (unpaired) electrons. The van der Waals surface area contributed by atoms with Gasteiger partial charge in [-0.1, -0.05) is 18.6 Å². The number of hydrogen-bond donors (Lipinski definition) is 1. The lowest BCUT2D eigenvalue weighted by atomic mass is 10.1. The van der Waals surface area contributed by atoms with Crippen LogP contribution in [0.25, 0.3) is 11.3 Å². The quantitative estimate of drug-likeness (QED) is 0.894. The molecule has 0 saturated carbocycles. The van der Waals surface area contributed by atoms with Gasteiger partial charge in [-0.25, -0.2) is 9.97 Å². The van der Waals surface area contributed by atoms with Gasteiger partial charge in [-0.05, 0) is 31.7 Å². The second-order valence-corrected chi connectivity index (χ2v) is 4.34. The first-order valence-corrected chi connectivity index (χ1v) is 6.42. The van der Waals surface area contributed by atoms with Crippen LogP contribution in [0.5, 0.6) is 5.75 Å². The van der Waals surface area contributed by atoms with Crippen LogP contribution < -0.4 is 10.1 Å². The van der Waals surface area contributed by atoms with E-state index in [4.69, 9.17) is 4.74 Å². The molecule has 19 heavy (non-hydrogen) atoms. The van der Waals surface area contributed by atoms with E-state index in [2.05, 4.69) is 35.2 Å². The molecule has 0 aliphatic carbocycles. The van der Waals surface area contributed by atoms with Gasteiger partial charge in [-0.3, -0.25) is 0 Å². The Kier molecular flexibility index (Phi) is 4.47. The summed E-state index contributed by atoms with van der Waals surface area (Å²) < 4.78 is 5.40. The van der Waals surface area contributed by atoms with E-state index < -0.39 is 0 Å². The fourth-order valence-electron chi connectivity index (χ4n) is 1.89. The maximum Gasteiger partial charge on any atom is 0.142 e. The molecule has 0 spiro atoms. The number of aromatic nitrogens is 2. The third-order valence-electron chi connectivity index (χ3n) is 2.87. The predicted molar refractivity (Wildman–Crippen MR) is 76.1 cm³/mol. The van der Waals surface area contributed by atoms with Crippen LogP contribution in [0.3, 0.4) is 0 Å². The standard InChI is InChI=1S/C15H19N3O/c1-4-16-10-15-17-8-7-13(18-15)12-9-11(2)5-6-14(12)19-3/h5-9,16H,4,10H2,1-3H3. The Hall–Kier alpha value is -1.94. The highest BCUT2D eigenvalue weighted by Gasteiger charge is 2.08. The van der Waals surface area contributed by atoms with Crippen molar-refractivity contribution >= 4 is 0 Å². The molecule has 0 fully saturated rings. The number of nitrogens with zero attached hydrogens (tertiary/aromatic N) is 2. The molecule has 2 rings (SSSR count). The van der Waals surface area contributed by atoms with Crippen molar-refractivity contribution in [2.75, 3.05) is 13.7 Å². The highest BCUT2D eigenvalue weighted by atomic mass is 16.5. The molecule has 0 bridgehead atoms. The summed E-state index contributed by atoms with van der Waals surface area (Å²) in [5.41, 5.74) is 3.08. The maximum absolute atomic E-state index is 5.40. The summed E-state index contributed by atoms with van der Waals surface area (Å²) in [4.78, 5) is 8.84. The summed E-state index contributed by atoms with van der Waals surface area (Å²) in [7, 11) is 1.68. The van der Waals surface area contributed by atoms with E-state index in [0.29, 0.717) is 6.54 Å². The van der Waals surface area contributed by atoms with Crippen molar-refractivity contribution in [2.45, 2.75) is 20.4 Å². The van der Waals surface area contributed by atoms with Crippen LogP contribution in [0.15, 0.2) is 30.5 Å². The molecular weight excluding hydrogens is 238 g/mol. The molecule has 0 unspecified atom stereocenters. The summed E-state index contributed by atoms with van der Waals surface area (Å²) in [6.07, 6.45) is 1.79. The van der Waals surface area contributed by atoms with E-state index in [0.717, 1.165) is 29.4 Å². The van der Waals surface area contributed by atoms with Gasteiger partial charge < -0.3 is 10.1 Å². The molecule has 1 aromatic heterocycles. The third kappa shape index (κ3) is 3.29. The molecule has 0 atom stereocenters. The first-order chi connectivity index (χ1) is 9.24. The van der Waals surface area contributed by atoms with Crippen LogP contribution in [0.1, 0.15) is 18.3 Å². The molecule has 0 aliphatic rings. The fraction of sp³-hybridized carbons (Fsp3) is 0.333. The molecule has 0 amide bonds. The van der Waals surface area contributed by atoms with Crippen molar-refractivity contribution in [2.24, 2.45) is 0 Å². The zero-order chi connectivity index (χ0) is 13.7. The Balaban J connectivity index is 2.38. The van der Waals surface area contributed by atoms with Crippen molar-refractivity contribution in [3.8, 4) is 17.0 Å². The summed E-state index contributed by atoms with van der Waals surface area (Å²) in [6.45, 7) is 5.71. The van der Waals surface area contributed by atoms with Crippen molar-refractivity contribution in [3.05, 3.63) is 41.9 Å². The number of hydrogen-bond acceptors (Lipinski definition) is 4. The van der Waals surface area contributed by atoms with Crippen molar-refractivity contribution in [1.82, 2.24) is 15.3 Å². The van der Waals surface area contributed by atoms with Crippen LogP contribution in [-0.2, 0) is 6.54 Å². The lowest BCUT2D eigenvalue weighted by Crippen LogP contribution is -2.14. The third-order valence-corrected chi connectivity index (χ3v) is 2.87. The van der Waals surface area contributed by atoms with Crippen molar-refractivity contribution in [1.29, 1.82) is 0 Å². The molecular formula is C15H19N3O. The summed E-state index contributed by atoms with van der Waals surface area (Å²) in [6, 6.07) is 7.99. The lowest BCUT2D eigenvalue weighted by Gasteiger charge is -2.10. The molecule has 2 aromatic rings. The number of aryl methyl sites for hydroxylation is 1. The molecule has 100 valence electrons. The first kappa shape index (κ1) is 13.5. The van der Waals surface area contributed by atoms with Crippen molar-refractivity contribution in [3.63, 3.8) is 0 Å². The smallest absolute Gasteiger partial charge is 0.142 e. The van der Waals surface area contributed by atoms with Gasteiger partial charge in [0.2, 0.25) is 0 Å². The van der Waals surface area contributed by atoms with Crippen LogP contribution in [0, 0.1) is 6.92 Å². The first-order valence-electron chi connectivity index (χ1n) is 6.42. The number of benzene rings is 1. The van der Waals surface area contributed by atoms with E-state index in [1.165, 1.54) is 5.56 Å². The molecule has 1 N–H and O–H groups in total. The number of methoxy groups -OCH3 is 1. The summed E-state index contributed by atoms with van der Waals surface area (Å²) >= 11 is 0. The van der Waals surface area contributed by atoms with Crippen LogP contribution in [0.2, 0.25) is 0 Å². The molecule has 1 heterocycles. The van der Waals surface area contributed by atoms with E-state index in [1.807, 2.05) is 18.2 Å². The topological polar surface area (TPSA) is 47.0 Å². The Bertz CT molecular complexity index is 555. The van der Waals surface area contributed by atoms with E-state index in [9.17, 15) is 0 Å². The SMILES string of the molecule is CCNCc1nccc(-c2cc(C)ccc2OC)n1. The monoisotopic (exact) mass is 257 g/mol. The number of ether oxygens (including phenoxy) is 1. The Morgan fingerprint density at radius 3 is 2.84 bits per heavy atom. The zero-order valence-corrected chi connectivity index (χ0v) is 11.6. The van der Waals surface area contributed by atoms with Gasteiger partial charge in [0, 0.05) is 11.8 Å². The van der Waals surface area contributed by atoms with Gasteiger partial charge in [0.15, 0.2) is 0 Å². The molecule has 4 nitrogen and oxygen atoms in total. The highest BCUT2D eigenvalue weighted by molar-refractivity contribution is 5.67.